The molecular weight excluding hydrogens is 348 g/mol. The fourth-order valence-electron chi connectivity index (χ4n) is 4.10. The number of imide groups is 1. The molecular formula is C19H24N4O4. The van der Waals surface area contributed by atoms with E-state index < -0.39 is 11.9 Å². The maximum absolute atomic E-state index is 13.1. The minimum atomic E-state index is -0.595. The summed E-state index contributed by atoms with van der Waals surface area (Å²) < 4.78 is 5.48. The van der Waals surface area contributed by atoms with E-state index in [1.807, 2.05) is 18.2 Å². The van der Waals surface area contributed by atoms with Crippen molar-refractivity contribution < 1.29 is 19.1 Å². The lowest BCUT2D eigenvalue weighted by Gasteiger charge is -2.29. The van der Waals surface area contributed by atoms with Crippen LogP contribution in [0.25, 0.3) is 0 Å². The van der Waals surface area contributed by atoms with Crippen molar-refractivity contribution in [2.45, 2.75) is 43.9 Å². The highest BCUT2D eigenvalue weighted by Gasteiger charge is 2.40. The molecule has 0 saturated carbocycles. The number of amides is 3. The number of hydrogen-bond acceptors (Lipinski definition) is 6. The Morgan fingerprint density at radius 3 is 2.89 bits per heavy atom. The van der Waals surface area contributed by atoms with Gasteiger partial charge in [-0.3, -0.25) is 19.7 Å². The Labute approximate surface area is 157 Å². The number of hydrogen-bond donors (Lipinski definition) is 3. The summed E-state index contributed by atoms with van der Waals surface area (Å²) in [4.78, 5) is 38.2. The predicted molar refractivity (Wildman–Crippen MR) is 96.5 cm³/mol. The molecule has 2 fully saturated rings. The third-order valence-electron chi connectivity index (χ3n) is 5.79. The van der Waals surface area contributed by atoms with Crippen LogP contribution in [-0.4, -0.2) is 54.0 Å². The normalized spacial score (nSPS) is 27.8. The van der Waals surface area contributed by atoms with Gasteiger partial charge >= 0.3 is 0 Å². The topological polar surface area (TPSA) is 114 Å². The lowest BCUT2D eigenvalue weighted by molar-refractivity contribution is -0.136. The summed E-state index contributed by atoms with van der Waals surface area (Å²) in [6.07, 6.45) is 1.46. The Kier molecular flexibility index (Phi) is 4.71. The van der Waals surface area contributed by atoms with Gasteiger partial charge in [0.05, 0.1) is 12.1 Å². The summed E-state index contributed by atoms with van der Waals surface area (Å²) >= 11 is 0. The van der Waals surface area contributed by atoms with Crippen molar-refractivity contribution >= 4 is 17.7 Å². The van der Waals surface area contributed by atoms with Crippen LogP contribution in [0, 0.1) is 0 Å². The minimum absolute atomic E-state index is 0.152. The second-order valence-corrected chi connectivity index (χ2v) is 7.49. The molecule has 3 aliphatic rings. The average Bonchev–Trinajstić information content (AvgIpc) is 3.26. The molecule has 4 rings (SSSR count). The van der Waals surface area contributed by atoms with E-state index in [9.17, 15) is 14.4 Å². The van der Waals surface area contributed by atoms with Gasteiger partial charge in [-0.2, -0.15) is 0 Å². The van der Waals surface area contributed by atoms with Gasteiger partial charge in [0.1, 0.15) is 6.04 Å². The molecule has 0 spiro atoms. The van der Waals surface area contributed by atoms with E-state index >= 15 is 0 Å². The molecule has 27 heavy (non-hydrogen) atoms. The fraction of sp³-hybridized carbons (Fsp3) is 0.526. The second-order valence-electron chi connectivity index (χ2n) is 7.49. The van der Waals surface area contributed by atoms with Gasteiger partial charge in [0.25, 0.3) is 5.91 Å². The average molecular weight is 372 g/mol. The Balaban J connectivity index is 1.53. The Hall–Kier alpha value is -2.29. The van der Waals surface area contributed by atoms with Crippen molar-refractivity contribution in [3.8, 4) is 0 Å². The molecule has 0 bridgehead atoms. The number of fused-ring (bicyclic) bond motifs is 1. The summed E-state index contributed by atoms with van der Waals surface area (Å²) in [5.74, 6) is -0.824. The van der Waals surface area contributed by atoms with Crippen LogP contribution in [0.5, 0.6) is 0 Å². The maximum Gasteiger partial charge on any atom is 0.255 e. The zero-order valence-corrected chi connectivity index (χ0v) is 15.1. The van der Waals surface area contributed by atoms with Crippen molar-refractivity contribution in [3.63, 3.8) is 0 Å². The molecule has 0 aromatic heterocycles. The number of benzene rings is 1. The molecule has 3 amide bonds. The molecule has 0 aliphatic carbocycles. The fourth-order valence-corrected chi connectivity index (χ4v) is 4.10. The largest absolute Gasteiger partial charge is 0.379 e. The van der Waals surface area contributed by atoms with Gasteiger partial charge in [-0.15, -0.1) is 0 Å². The molecule has 4 N–H and O–H groups in total. The van der Waals surface area contributed by atoms with E-state index in [1.54, 1.807) is 4.90 Å². The van der Waals surface area contributed by atoms with E-state index in [4.69, 9.17) is 10.5 Å². The molecule has 0 radical (unpaired) electrons. The van der Waals surface area contributed by atoms with Crippen LogP contribution in [0.15, 0.2) is 18.2 Å². The van der Waals surface area contributed by atoms with Crippen LogP contribution >= 0.6 is 0 Å². The molecule has 144 valence electrons. The summed E-state index contributed by atoms with van der Waals surface area (Å²) in [6, 6.07) is 5.18. The van der Waals surface area contributed by atoms with Crippen molar-refractivity contribution in [2.75, 3.05) is 19.8 Å². The van der Waals surface area contributed by atoms with Crippen LogP contribution in [-0.2, 0) is 27.4 Å². The van der Waals surface area contributed by atoms with E-state index in [0.29, 0.717) is 44.8 Å². The first-order chi connectivity index (χ1) is 13.0. The number of nitrogens with two attached hydrogens (primary N) is 1. The summed E-state index contributed by atoms with van der Waals surface area (Å²) in [5, 5.41) is 5.81. The third-order valence-corrected chi connectivity index (χ3v) is 5.79. The van der Waals surface area contributed by atoms with Crippen molar-refractivity contribution in [1.82, 2.24) is 15.5 Å². The van der Waals surface area contributed by atoms with Gasteiger partial charge in [0.2, 0.25) is 11.8 Å². The smallest absolute Gasteiger partial charge is 0.255 e. The standard InChI is InChI=1S/C19H24N4O4/c20-10-19(6-7-27-11-19)21-8-12-2-1-3-13-9-23(18(26)16(12)13)14-4-5-15(24)22-17(14)25/h1-3,14,21H,4-11,20H2,(H,22,24,25). The van der Waals surface area contributed by atoms with Crippen LogP contribution in [0.4, 0.5) is 0 Å². The lowest BCUT2D eigenvalue weighted by Crippen LogP contribution is -2.52. The number of piperidine rings is 1. The third kappa shape index (κ3) is 3.24. The first-order valence-corrected chi connectivity index (χ1v) is 9.31. The summed E-state index contributed by atoms with van der Waals surface area (Å²) in [5.41, 5.74) is 8.13. The Morgan fingerprint density at radius 2 is 2.19 bits per heavy atom. The predicted octanol–water partition coefficient (Wildman–Crippen LogP) is -0.345. The van der Waals surface area contributed by atoms with Gasteiger partial charge in [-0.05, 0) is 24.0 Å². The SMILES string of the molecule is NCC1(NCc2cccc3c2C(=O)N(C2CCC(=O)NC2=O)C3)CCOC1. The number of rotatable bonds is 5. The molecule has 1 aromatic rings. The molecule has 8 heteroatoms. The molecule has 2 unspecified atom stereocenters. The molecule has 8 nitrogen and oxygen atoms in total. The second kappa shape index (κ2) is 7.03. The van der Waals surface area contributed by atoms with Gasteiger partial charge in [0.15, 0.2) is 0 Å². The molecule has 2 saturated heterocycles. The van der Waals surface area contributed by atoms with Gasteiger partial charge in [0, 0.05) is 38.2 Å². The quantitative estimate of drug-likeness (QED) is 0.609. The van der Waals surface area contributed by atoms with Gasteiger partial charge < -0.3 is 20.7 Å². The molecule has 3 heterocycles. The Bertz CT molecular complexity index is 788. The number of carbonyl (C=O) groups is 3. The summed E-state index contributed by atoms with van der Waals surface area (Å²) in [7, 11) is 0. The van der Waals surface area contributed by atoms with E-state index in [0.717, 1.165) is 17.5 Å². The first-order valence-electron chi connectivity index (χ1n) is 9.31. The van der Waals surface area contributed by atoms with E-state index in [-0.39, 0.29) is 23.8 Å². The lowest BCUT2D eigenvalue weighted by atomic mass is 9.97. The highest BCUT2D eigenvalue weighted by Crippen LogP contribution is 2.30. The van der Waals surface area contributed by atoms with Crippen LogP contribution in [0.3, 0.4) is 0 Å². The first kappa shape index (κ1) is 18.1. The molecule has 2 atom stereocenters. The number of nitrogens with zero attached hydrogens (tertiary/aromatic N) is 1. The van der Waals surface area contributed by atoms with Crippen LogP contribution < -0.4 is 16.4 Å². The highest BCUT2D eigenvalue weighted by atomic mass is 16.5. The molecule has 1 aromatic carbocycles. The molecule has 3 aliphatic heterocycles. The zero-order valence-electron chi connectivity index (χ0n) is 15.1. The monoisotopic (exact) mass is 372 g/mol. The minimum Gasteiger partial charge on any atom is -0.379 e. The van der Waals surface area contributed by atoms with E-state index in [2.05, 4.69) is 10.6 Å². The maximum atomic E-state index is 13.1. The van der Waals surface area contributed by atoms with Crippen molar-refractivity contribution in [3.05, 3.63) is 34.9 Å². The van der Waals surface area contributed by atoms with E-state index in [1.165, 1.54) is 0 Å². The van der Waals surface area contributed by atoms with Crippen LogP contribution in [0.2, 0.25) is 0 Å². The summed E-state index contributed by atoms with van der Waals surface area (Å²) in [6.45, 7) is 2.62. The van der Waals surface area contributed by atoms with Gasteiger partial charge in [-0.1, -0.05) is 18.2 Å². The van der Waals surface area contributed by atoms with Crippen molar-refractivity contribution in [2.24, 2.45) is 5.73 Å². The zero-order chi connectivity index (χ0) is 19.0. The number of carbonyl (C=O) groups excluding carboxylic acids is 3. The number of ether oxygens (including phenoxy) is 1. The van der Waals surface area contributed by atoms with Gasteiger partial charge in [-0.25, -0.2) is 0 Å². The van der Waals surface area contributed by atoms with Crippen LogP contribution in [0.1, 0.15) is 40.7 Å². The van der Waals surface area contributed by atoms with Crippen molar-refractivity contribution in [1.29, 1.82) is 0 Å². The Morgan fingerprint density at radius 1 is 1.33 bits per heavy atom. The highest BCUT2D eigenvalue weighted by molar-refractivity contribution is 6.05. The number of nitrogens with one attached hydrogen (secondary N) is 2.